The molecule has 0 saturated heterocycles. The molecule has 3 heteroatoms. The maximum Gasteiger partial charge on any atom is 0.130 e. The Morgan fingerprint density at radius 2 is 1.14 bits per heavy atom. The first-order chi connectivity index (χ1) is 10.3. The molecule has 0 heterocycles. The number of benzene rings is 2. The van der Waals surface area contributed by atoms with Gasteiger partial charge in [-0.05, 0) is 48.3 Å². The molecule has 2 aromatic rings. The Morgan fingerprint density at radius 1 is 0.714 bits per heavy atom. The first kappa shape index (κ1) is 14.7. The molecule has 0 bridgehead atoms. The van der Waals surface area contributed by atoms with Crippen LogP contribution in [-0.2, 0) is 12.8 Å². The van der Waals surface area contributed by atoms with E-state index >= 15 is 0 Å². The summed E-state index contributed by atoms with van der Waals surface area (Å²) in [6, 6.07) is 15.4. The van der Waals surface area contributed by atoms with Gasteiger partial charge in [-0.15, -0.1) is 0 Å². The van der Waals surface area contributed by atoms with Crippen molar-refractivity contribution in [3.05, 3.63) is 84.3 Å². The highest BCUT2D eigenvalue weighted by Gasteiger charge is 2.06. The van der Waals surface area contributed by atoms with Crippen molar-refractivity contribution in [2.75, 3.05) is 0 Å². The third-order valence-electron chi connectivity index (χ3n) is 3.05. The summed E-state index contributed by atoms with van der Waals surface area (Å²) in [6.45, 7) is 0. The van der Waals surface area contributed by atoms with Crippen molar-refractivity contribution in [3.8, 4) is 11.5 Å². The van der Waals surface area contributed by atoms with Gasteiger partial charge in [0.2, 0.25) is 0 Å². The Labute approximate surface area is 124 Å². The Morgan fingerprint density at radius 3 is 1.57 bits per heavy atom. The minimum atomic E-state index is 0.603. The molecule has 0 aromatic heterocycles. The van der Waals surface area contributed by atoms with Crippen molar-refractivity contribution in [1.29, 1.82) is 0 Å². The minimum absolute atomic E-state index is 0.603. The molecule has 0 saturated carbocycles. The van der Waals surface area contributed by atoms with Crippen LogP contribution in [0, 0.1) is 0 Å². The zero-order valence-corrected chi connectivity index (χ0v) is 11.6. The summed E-state index contributed by atoms with van der Waals surface area (Å²) in [5.41, 5.74) is 1.99. The molecule has 0 unspecified atom stereocenters. The number of allylic oxidation sites excluding steroid dienone is 2. The van der Waals surface area contributed by atoms with Gasteiger partial charge in [0.1, 0.15) is 11.5 Å². The number of aliphatic hydroxyl groups is 2. The summed E-state index contributed by atoms with van der Waals surface area (Å²) in [4.78, 5) is 0. The number of aliphatic hydroxyl groups excluding tert-OH is 2. The van der Waals surface area contributed by atoms with Crippen molar-refractivity contribution in [3.63, 3.8) is 0 Å². The monoisotopic (exact) mass is 282 g/mol. The first-order valence-electron chi connectivity index (χ1n) is 6.77. The maximum atomic E-state index is 8.80. The predicted molar refractivity (Wildman–Crippen MR) is 83.9 cm³/mol. The highest BCUT2D eigenvalue weighted by atomic mass is 16.5. The number of para-hydroxylation sites is 2. The van der Waals surface area contributed by atoms with Crippen LogP contribution in [0.4, 0.5) is 0 Å². The molecule has 0 aliphatic heterocycles. The van der Waals surface area contributed by atoms with Gasteiger partial charge >= 0.3 is 0 Å². The van der Waals surface area contributed by atoms with Gasteiger partial charge in [-0.25, -0.2) is 0 Å². The number of hydrogen-bond donors (Lipinski definition) is 2. The topological polar surface area (TPSA) is 49.7 Å². The van der Waals surface area contributed by atoms with E-state index in [4.69, 9.17) is 14.9 Å². The standard InChI is InChI=1S/C18H18O3/c19-13-5-9-15-7-1-3-11-17(15)21-18-12-4-2-8-16(18)10-6-14-20/h1-8,11-14,19-20H,9-10H2. The zero-order chi connectivity index (χ0) is 14.9. The quantitative estimate of drug-likeness (QED) is 0.754. The molecular weight excluding hydrogens is 264 g/mol. The third kappa shape index (κ3) is 4.14. The van der Waals surface area contributed by atoms with Crippen LogP contribution >= 0.6 is 0 Å². The fraction of sp³-hybridized carbons (Fsp3) is 0.111. The second-order valence-electron chi connectivity index (χ2n) is 4.50. The molecule has 0 radical (unpaired) electrons. The van der Waals surface area contributed by atoms with E-state index in [1.807, 2.05) is 48.5 Å². The van der Waals surface area contributed by atoms with Crippen molar-refractivity contribution in [2.45, 2.75) is 12.8 Å². The summed E-state index contributed by atoms with van der Waals surface area (Å²) in [5.74, 6) is 1.52. The van der Waals surface area contributed by atoms with E-state index in [2.05, 4.69) is 0 Å². The van der Waals surface area contributed by atoms with Crippen LogP contribution in [0.15, 0.2) is 73.2 Å². The summed E-state index contributed by atoms with van der Waals surface area (Å²) in [6.07, 6.45) is 6.62. The van der Waals surface area contributed by atoms with E-state index in [0.717, 1.165) is 35.2 Å². The van der Waals surface area contributed by atoms with Gasteiger partial charge < -0.3 is 14.9 Å². The van der Waals surface area contributed by atoms with Crippen LogP contribution in [0.5, 0.6) is 11.5 Å². The van der Waals surface area contributed by atoms with E-state index in [0.29, 0.717) is 12.8 Å². The van der Waals surface area contributed by atoms with Gasteiger partial charge in [0.25, 0.3) is 0 Å². The molecular formula is C18H18O3. The SMILES string of the molecule is OC=CCc1ccccc1Oc1ccccc1CC=CO. The van der Waals surface area contributed by atoms with Crippen molar-refractivity contribution >= 4 is 0 Å². The molecule has 108 valence electrons. The van der Waals surface area contributed by atoms with E-state index in [1.165, 1.54) is 0 Å². The van der Waals surface area contributed by atoms with Gasteiger partial charge in [0, 0.05) is 0 Å². The number of hydrogen-bond acceptors (Lipinski definition) is 3. The van der Waals surface area contributed by atoms with Gasteiger partial charge in [-0.3, -0.25) is 0 Å². The van der Waals surface area contributed by atoms with E-state index in [9.17, 15) is 0 Å². The lowest BCUT2D eigenvalue weighted by atomic mass is 10.1. The van der Waals surface area contributed by atoms with E-state index < -0.39 is 0 Å². The largest absolute Gasteiger partial charge is 0.516 e. The fourth-order valence-corrected chi connectivity index (χ4v) is 2.02. The predicted octanol–water partition coefficient (Wildman–Crippen LogP) is 4.71. The molecule has 3 nitrogen and oxygen atoms in total. The highest BCUT2D eigenvalue weighted by molar-refractivity contribution is 5.42. The first-order valence-corrected chi connectivity index (χ1v) is 6.77. The lowest BCUT2D eigenvalue weighted by molar-refractivity contribution is 0.465. The van der Waals surface area contributed by atoms with Crippen molar-refractivity contribution in [2.24, 2.45) is 0 Å². The van der Waals surface area contributed by atoms with Gasteiger partial charge in [0.15, 0.2) is 0 Å². The van der Waals surface area contributed by atoms with Crippen LogP contribution < -0.4 is 4.74 Å². The summed E-state index contributed by atoms with van der Waals surface area (Å²) < 4.78 is 6.00. The molecule has 0 spiro atoms. The molecule has 2 N–H and O–H groups in total. The molecule has 0 amide bonds. The second-order valence-corrected chi connectivity index (χ2v) is 4.50. The molecule has 0 atom stereocenters. The Balaban J connectivity index is 2.26. The van der Waals surface area contributed by atoms with Gasteiger partial charge in [0.05, 0.1) is 12.5 Å². The van der Waals surface area contributed by atoms with Crippen LogP contribution in [0.2, 0.25) is 0 Å². The average Bonchev–Trinajstić information content (AvgIpc) is 2.53. The molecule has 2 rings (SSSR count). The molecule has 21 heavy (non-hydrogen) atoms. The number of ether oxygens (including phenoxy) is 1. The highest BCUT2D eigenvalue weighted by Crippen LogP contribution is 2.29. The van der Waals surface area contributed by atoms with Crippen LogP contribution in [0.1, 0.15) is 11.1 Å². The summed E-state index contributed by atoms with van der Waals surface area (Å²) in [7, 11) is 0. The summed E-state index contributed by atoms with van der Waals surface area (Å²) >= 11 is 0. The normalized spacial score (nSPS) is 11.2. The Hall–Kier alpha value is -2.68. The molecule has 0 fully saturated rings. The third-order valence-corrected chi connectivity index (χ3v) is 3.05. The van der Waals surface area contributed by atoms with Crippen LogP contribution in [0.25, 0.3) is 0 Å². The Bertz CT molecular complexity index is 574. The zero-order valence-electron chi connectivity index (χ0n) is 11.6. The molecule has 2 aromatic carbocycles. The summed E-state index contributed by atoms with van der Waals surface area (Å²) in [5, 5.41) is 17.6. The molecule has 0 aliphatic rings. The van der Waals surface area contributed by atoms with Crippen molar-refractivity contribution < 1.29 is 14.9 Å². The van der Waals surface area contributed by atoms with Gasteiger partial charge in [-0.1, -0.05) is 36.4 Å². The lowest BCUT2D eigenvalue weighted by Crippen LogP contribution is -1.94. The fourth-order valence-electron chi connectivity index (χ4n) is 2.02. The van der Waals surface area contributed by atoms with Crippen LogP contribution in [-0.4, -0.2) is 10.2 Å². The number of rotatable bonds is 6. The van der Waals surface area contributed by atoms with E-state index in [1.54, 1.807) is 12.2 Å². The van der Waals surface area contributed by atoms with E-state index in [-0.39, 0.29) is 0 Å². The molecule has 0 aliphatic carbocycles. The van der Waals surface area contributed by atoms with Crippen molar-refractivity contribution in [1.82, 2.24) is 0 Å². The maximum absolute atomic E-state index is 8.80. The average molecular weight is 282 g/mol. The van der Waals surface area contributed by atoms with Gasteiger partial charge in [-0.2, -0.15) is 0 Å². The Kier molecular flexibility index (Phi) is 5.47. The smallest absolute Gasteiger partial charge is 0.130 e. The van der Waals surface area contributed by atoms with Crippen LogP contribution in [0.3, 0.4) is 0 Å². The minimum Gasteiger partial charge on any atom is -0.516 e. The second kappa shape index (κ2) is 7.80. The lowest BCUT2D eigenvalue weighted by Gasteiger charge is -2.12.